The number of urea groups is 1. The van der Waals surface area contributed by atoms with Crippen molar-refractivity contribution in [2.45, 2.75) is 32.2 Å². The normalized spacial score (nSPS) is 18.1. The smallest absolute Gasteiger partial charge is 0.344 e. The molecule has 4 amide bonds. The number of amides is 4. The molecule has 0 radical (unpaired) electrons. The fourth-order valence-electron chi connectivity index (χ4n) is 3.06. The molecule has 0 aliphatic carbocycles. The number of hydrazine groups is 1. The van der Waals surface area contributed by atoms with Gasteiger partial charge in [-0.3, -0.25) is 15.0 Å². The Morgan fingerprint density at radius 1 is 1.07 bits per heavy atom. The van der Waals surface area contributed by atoms with E-state index in [9.17, 15) is 19.2 Å². The third-order valence-corrected chi connectivity index (χ3v) is 4.88. The van der Waals surface area contributed by atoms with Gasteiger partial charge in [0.1, 0.15) is 5.54 Å². The van der Waals surface area contributed by atoms with Crippen molar-refractivity contribution in [2.24, 2.45) is 0 Å². The van der Waals surface area contributed by atoms with Gasteiger partial charge in [0.2, 0.25) is 0 Å². The van der Waals surface area contributed by atoms with Gasteiger partial charge >= 0.3 is 12.0 Å². The molecule has 30 heavy (non-hydrogen) atoms. The lowest BCUT2D eigenvalue weighted by atomic mass is 9.93. The number of nitrogens with one attached hydrogen (secondary N) is 2. The van der Waals surface area contributed by atoms with Crippen molar-refractivity contribution in [2.75, 3.05) is 6.61 Å². The predicted octanol–water partition coefficient (Wildman–Crippen LogP) is 2.13. The molecule has 1 fully saturated rings. The third-order valence-electron chi connectivity index (χ3n) is 4.88. The van der Waals surface area contributed by atoms with Gasteiger partial charge < -0.3 is 10.1 Å². The highest BCUT2D eigenvalue weighted by Gasteiger charge is 2.48. The van der Waals surface area contributed by atoms with Crippen LogP contribution in [0.15, 0.2) is 54.6 Å². The minimum atomic E-state index is -1.14. The van der Waals surface area contributed by atoms with Gasteiger partial charge in [0.15, 0.2) is 6.61 Å². The van der Waals surface area contributed by atoms with Gasteiger partial charge in [0, 0.05) is 0 Å². The lowest BCUT2D eigenvalue weighted by Gasteiger charge is -2.21. The Morgan fingerprint density at radius 2 is 1.73 bits per heavy atom. The molecule has 2 aromatic carbocycles. The number of ether oxygens (including phenoxy) is 1. The van der Waals surface area contributed by atoms with Gasteiger partial charge in [-0.15, -0.1) is 0 Å². The van der Waals surface area contributed by atoms with Crippen LogP contribution in [0.2, 0.25) is 0 Å². The van der Waals surface area contributed by atoms with E-state index in [0.29, 0.717) is 23.4 Å². The highest BCUT2D eigenvalue weighted by molar-refractivity contribution is 6.07. The van der Waals surface area contributed by atoms with Crippen LogP contribution in [0.25, 0.3) is 0 Å². The quantitative estimate of drug-likeness (QED) is 0.538. The Kier molecular flexibility index (Phi) is 6.15. The molecule has 1 heterocycles. The Balaban J connectivity index is 1.53. The van der Waals surface area contributed by atoms with E-state index in [1.54, 1.807) is 31.2 Å². The van der Waals surface area contributed by atoms with Crippen LogP contribution in [-0.2, 0) is 20.7 Å². The first-order chi connectivity index (χ1) is 14.3. The zero-order valence-corrected chi connectivity index (χ0v) is 16.8. The van der Waals surface area contributed by atoms with E-state index in [4.69, 9.17) is 4.74 Å². The highest BCUT2D eigenvalue weighted by atomic mass is 16.5. The van der Waals surface area contributed by atoms with Gasteiger partial charge in [-0.1, -0.05) is 48.0 Å². The standard InChI is InChI=1S/C22H23N3O5/c1-15-8-10-17(11-9-15)19(27)30-14-18(26)24-25-20(28)22(2,23-21(25)29)13-12-16-6-4-3-5-7-16/h3-11H,12-14H2,1-2H3,(H,23,29)(H,24,26)/t22-/m1/s1. The average molecular weight is 409 g/mol. The van der Waals surface area contributed by atoms with E-state index in [0.717, 1.165) is 11.1 Å². The first-order valence-corrected chi connectivity index (χ1v) is 9.52. The van der Waals surface area contributed by atoms with Gasteiger partial charge in [0.25, 0.3) is 11.8 Å². The van der Waals surface area contributed by atoms with Gasteiger partial charge in [-0.2, -0.15) is 5.01 Å². The summed E-state index contributed by atoms with van der Waals surface area (Å²) >= 11 is 0. The van der Waals surface area contributed by atoms with Gasteiger partial charge in [0.05, 0.1) is 5.56 Å². The monoisotopic (exact) mass is 409 g/mol. The number of carbonyl (C=O) groups excluding carboxylic acids is 4. The molecule has 1 aliphatic rings. The molecule has 1 saturated heterocycles. The van der Waals surface area contributed by atoms with Crippen molar-refractivity contribution in [3.05, 3.63) is 71.3 Å². The van der Waals surface area contributed by atoms with E-state index in [1.807, 2.05) is 37.3 Å². The van der Waals surface area contributed by atoms with Crippen molar-refractivity contribution in [1.29, 1.82) is 0 Å². The molecule has 156 valence electrons. The molecular formula is C22H23N3O5. The zero-order chi connectivity index (χ0) is 21.7. The lowest BCUT2D eigenvalue weighted by molar-refractivity contribution is -0.140. The molecule has 0 saturated carbocycles. The topological polar surface area (TPSA) is 105 Å². The summed E-state index contributed by atoms with van der Waals surface area (Å²) in [7, 11) is 0. The van der Waals surface area contributed by atoms with Crippen LogP contribution in [0.3, 0.4) is 0 Å². The summed E-state index contributed by atoms with van der Waals surface area (Å²) in [6.45, 7) is 2.87. The highest BCUT2D eigenvalue weighted by Crippen LogP contribution is 2.22. The minimum absolute atomic E-state index is 0.303. The number of hydrogen-bond acceptors (Lipinski definition) is 5. The Morgan fingerprint density at radius 3 is 2.40 bits per heavy atom. The third kappa shape index (κ3) is 4.83. The van der Waals surface area contributed by atoms with Gasteiger partial charge in [-0.05, 0) is 44.4 Å². The number of hydrogen-bond donors (Lipinski definition) is 2. The fraction of sp³-hybridized carbons (Fsp3) is 0.273. The van der Waals surface area contributed by atoms with Crippen LogP contribution < -0.4 is 10.7 Å². The summed E-state index contributed by atoms with van der Waals surface area (Å²) in [5.74, 6) is -2.03. The number of nitrogens with zero attached hydrogens (tertiary/aromatic N) is 1. The van der Waals surface area contributed by atoms with Gasteiger partial charge in [-0.25, -0.2) is 9.59 Å². The van der Waals surface area contributed by atoms with Crippen LogP contribution >= 0.6 is 0 Å². The Bertz CT molecular complexity index is 958. The second-order valence-corrected chi connectivity index (χ2v) is 7.37. The Hall–Kier alpha value is -3.68. The summed E-state index contributed by atoms with van der Waals surface area (Å²) in [6, 6.07) is 15.5. The van der Waals surface area contributed by atoms with Crippen LogP contribution in [0.1, 0.15) is 34.8 Å². The SMILES string of the molecule is Cc1ccc(C(=O)OCC(=O)NN2C(=O)N[C@](C)(CCc3ccccc3)C2=O)cc1. The molecule has 0 spiro atoms. The summed E-state index contributed by atoms with van der Waals surface area (Å²) < 4.78 is 4.95. The maximum atomic E-state index is 12.7. The molecule has 1 atom stereocenters. The van der Waals surface area contributed by atoms with E-state index in [2.05, 4.69) is 10.7 Å². The summed E-state index contributed by atoms with van der Waals surface area (Å²) in [5, 5.41) is 3.25. The minimum Gasteiger partial charge on any atom is -0.452 e. The maximum Gasteiger partial charge on any atom is 0.344 e. The molecule has 3 rings (SSSR count). The van der Waals surface area contributed by atoms with E-state index in [1.165, 1.54) is 0 Å². The molecule has 0 bridgehead atoms. The largest absolute Gasteiger partial charge is 0.452 e. The van der Waals surface area contributed by atoms with Crippen LogP contribution in [0.5, 0.6) is 0 Å². The number of esters is 1. The second kappa shape index (κ2) is 8.77. The summed E-state index contributed by atoms with van der Waals surface area (Å²) in [5.41, 5.74) is 3.38. The van der Waals surface area contributed by atoms with Crippen molar-refractivity contribution in [1.82, 2.24) is 15.8 Å². The number of aryl methyl sites for hydroxylation is 2. The molecule has 0 unspecified atom stereocenters. The van der Waals surface area contributed by atoms with Crippen molar-refractivity contribution in [3.8, 4) is 0 Å². The first-order valence-electron chi connectivity index (χ1n) is 9.52. The van der Waals surface area contributed by atoms with E-state index >= 15 is 0 Å². The molecule has 0 aromatic heterocycles. The second-order valence-electron chi connectivity index (χ2n) is 7.37. The summed E-state index contributed by atoms with van der Waals surface area (Å²) in [6.07, 6.45) is 0.954. The lowest BCUT2D eigenvalue weighted by Crippen LogP contribution is -2.50. The Labute approximate surface area is 174 Å². The molecule has 1 aliphatic heterocycles. The summed E-state index contributed by atoms with van der Waals surface area (Å²) in [4.78, 5) is 49.0. The van der Waals surface area contributed by atoms with Crippen molar-refractivity contribution >= 4 is 23.8 Å². The van der Waals surface area contributed by atoms with E-state index < -0.39 is 36.0 Å². The number of rotatable bonds is 7. The van der Waals surface area contributed by atoms with E-state index in [-0.39, 0.29) is 0 Å². The van der Waals surface area contributed by atoms with Crippen LogP contribution in [0.4, 0.5) is 4.79 Å². The molecule has 2 aromatic rings. The number of benzene rings is 2. The predicted molar refractivity (Wildman–Crippen MR) is 108 cm³/mol. The number of imide groups is 1. The van der Waals surface area contributed by atoms with Crippen molar-refractivity contribution < 1.29 is 23.9 Å². The maximum absolute atomic E-state index is 12.7. The molecule has 8 nitrogen and oxygen atoms in total. The van der Waals surface area contributed by atoms with Crippen LogP contribution in [0, 0.1) is 6.92 Å². The fourth-order valence-corrected chi connectivity index (χ4v) is 3.06. The molecular weight excluding hydrogens is 386 g/mol. The van der Waals surface area contributed by atoms with Crippen molar-refractivity contribution in [3.63, 3.8) is 0 Å². The van der Waals surface area contributed by atoms with Crippen LogP contribution in [-0.4, -0.2) is 41.0 Å². The molecule has 2 N–H and O–H groups in total. The first kappa shape index (κ1) is 21.0. The zero-order valence-electron chi connectivity index (χ0n) is 16.8. The number of carbonyl (C=O) groups is 4. The average Bonchev–Trinajstić information content (AvgIpc) is 2.95. The molecule has 8 heteroatoms.